The van der Waals surface area contributed by atoms with Crippen LogP contribution < -0.4 is 10.2 Å². The van der Waals surface area contributed by atoms with E-state index < -0.39 is 0 Å². The monoisotopic (exact) mass is 409 g/mol. The van der Waals surface area contributed by atoms with Crippen molar-refractivity contribution in [2.24, 2.45) is 0 Å². The lowest BCUT2D eigenvalue weighted by atomic mass is 10.1. The highest BCUT2D eigenvalue weighted by Gasteiger charge is 2.32. The quantitative estimate of drug-likeness (QED) is 0.475. The standard InChI is InChI=1S/C21H15NO4S2/c1-25-15-7-8-17-16(10-15)19(23)14(12-26-17)9-18-20(24)22(21(27)28-18)11-13-5-3-2-4-6-13/h2-10,12H,11H2,1H3/b18-9-. The van der Waals surface area contributed by atoms with E-state index in [-0.39, 0.29) is 11.3 Å². The van der Waals surface area contributed by atoms with Crippen molar-refractivity contribution in [3.05, 3.63) is 81.0 Å². The van der Waals surface area contributed by atoms with Gasteiger partial charge in [0.2, 0.25) is 0 Å². The number of carbonyl (C=O) groups excluding carboxylic acids is 1. The zero-order chi connectivity index (χ0) is 19.7. The van der Waals surface area contributed by atoms with Crippen LogP contribution in [0.2, 0.25) is 0 Å². The van der Waals surface area contributed by atoms with E-state index >= 15 is 0 Å². The number of benzene rings is 2. The van der Waals surface area contributed by atoms with E-state index in [9.17, 15) is 9.59 Å². The molecule has 1 aliphatic rings. The van der Waals surface area contributed by atoms with Crippen molar-refractivity contribution in [3.8, 4) is 5.75 Å². The Kier molecular flexibility index (Phi) is 5.02. The first kappa shape index (κ1) is 18.5. The van der Waals surface area contributed by atoms with E-state index in [1.54, 1.807) is 18.2 Å². The average Bonchev–Trinajstić information content (AvgIpc) is 2.98. The first-order chi connectivity index (χ1) is 13.6. The predicted molar refractivity (Wildman–Crippen MR) is 114 cm³/mol. The third-order valence-corrected chi connectivity index (χ3v) is 5.73. The number of methoxy groups -OCH3 is 1. The Labute approximate surface area is 170 Å². The molecule has 28 heavy (non-hydrogen) atoms. The first-order valence-corrected chi connectivity index (χ1v) is 9.68. The number of rotatable bonds is 4. The smallest absolute Gasteiger partial charge is 0.266 e. The highest BCUT2D eigenvalue weighted by Crippen LogP contribution is 2.33. The number of carbonyl (C=O) groups is 1. The summed E-state index contributed by atoms with van der Waals surface area (Å²) in [6.07, 6.45) is 2.90. The maximum atomic E-state index is 12.8. The molecule has 1 amide bonds. The van der Waals surface area contributed by atoms with Gasteiger partial charge in [-0.05, 0) is 29.8 Å². The molecule has 0 spiro atoms. The molecule has 2 aromatic carbocycles. The molecule has 0 N–H and O–H groups in total. The van der Waals surface area contributed by atoms with E-state index in [1.807, 2.05) is 30.3 Å². The Bertz CT molecular complexity index is 1170. The van der Waals surface area contributed by atoms with Gasteiger partial charge in [0.15, 0.2) is 5.43 Å². The number of nitrogens with zero attached hydrogens (tertiary/aromatic N) is 1. The summed E-state index contributed by atoms with van der Waals surface area (Å²) in [7, 11) is 1.53. The lowest BCUT2D eigenvalue weighted by Gasteiger charge is -2.14. The van der Waals surface area contributed by atoms with Crippen LogP contribution in [0.4, 0.5) is 0 Å². The minimum absolute atomic E-state index is 0.219. The molecule has 1 fully saturated rings. The fourth-order valence-electron chi connectivity index (χ4n) is 2.90. The Morgan fingerprint density at radius 1 is 1.18 bits per heavy atom. The van der Waals surface area contributed by atoms with E-state index in [1.165, 1.54) is 36.1 Å². The fourth-order valence-corrected chi connectivity index (χ4v) is 4.14. The zero-order valence-corrected chi connectivity index (χ0v) is 16.5. The molecule has 5 nitrogen and oxygen atoms in total. The highest BCUT2D eigenvalue weighted by molar-refractivity contribution is 8.26. The molecule has 0 aliphatic carbocycles. The maximum Gasteiger partial charge on any atom is 0.266 e. The van der Waals surface area contributed by atoms with Crippen molar-refractivity contribution in [2.45, 2.75) is 6.54 Å². The van der Waals surface area contributed by atoms with Gasteiger partial charge >= 0.3 is 0 Å². The van der Waals surface area contributed by atoms with Gasteiger partial charge in [-0.3, -0.25) is 14.5 Å². The molecular weight excluding hydrogens is 394 g/mol. The molecule has 2 heterocycles. The number of ether oxygens (including phenoxy) is 1. The van der Waals surface area contributed by atoms with E-state index in [4.69, 9.17) is 21.4 Å². The normalized spacial score (nSPS) is 15.6. The molecule has 0 bridgehead atoms. The van der Waals surface area contributed by atoms with Crippen LogP contribution in [0.5, 0.6) is 5.75 Å². The SMILES string of the molecule is COc1ccc2occ(/C=C3\SC(=S)N(Cc4ccccc4)C3=O)c(=O)c2c1. The van der Waals surface area contributed by atoms with Gasteiger partial charge in [-0.1, -0.05) is 54.3 Å². The van der Waals surface area contributed by atoms with Crippen LogP contribution in [0.15, 0.2) is 68.9 Å². The molecule has 3 aromatic rings. The molecule has 1 aliphatic heterocycles. The molecule has 140 valence electrons. The molecule has 0 unspecified atom stereocenters. The Hall–Kier alpha value is -2.90. The van der Waals surface area contributed by atoms with Crippen LogP contribution in [0.1, 0.15) is 11.1 Å². The lowest BCUT2D eigenvalue weighted by Crippen LogP contribution is -2.27. The van der Waals surface area contributed by atoms with E-state index in [0.717, 1.165) is 5.56 Å². The van der Waals surface area contributed by atoms with Gasteiger partial charge in [-0.25, -0.2) is 0 Å². The Morgan fingerprint density at radius 2 is 1.96 bits per heavy atom. The maximum absolute atomic E-state index is 12.8. The molecule has 7 heteroatoms. The minimum atomic E-state index is -0.228. The number of hydrogen-bond acceptors (Lipinski definition) is 6. The average molecular weight is 409 g/mol. The number of fused-ring (bicyclic) bond motifs is 1. The summed E-state index contributed by atoms with van der Waals surface area (Å²) in [5.74, 6) is 0.343. The van der Waals surface area contributed by atoms with Crippen LogP contribution in [-0.4, -0.2) is 22.2 Å². The summed E-state index contributed by atoms with van der Waals surface area (Å²) < 4.78 is 11.2. The first-order valence-electron chi connectivity index (χ1n) is 8.45. The van der Waals surface area contributed by atoms with Crippen molar-refractivity contribution in [2.75, 3.05) is 7.11 Å². The second-order valence-corrected chi connectivity index (χ2v) is 7.81. The van der Waals surface area contributed by atoms with E-state index in [2.05, 4.69) is 0 Å². The fraction of sp³-hybridized carbons (Fsp3) is 0.0952. The lowest BCUT2D eigenvalue weighted by molar-refractivity contribution is -0.122. The highest BCUT2D eigenvalue weighted by atomic mass is 32.2. The summed E-state index contributed by atoms with van der Waals surface area (Å²) in [5, 5.41) is 0.396. The van der Waals surface area contributed by atoms with Crippen molar-refractivity contribution in [3.63, 3.8) is 0 Å². The second-order valence-electron chi connectivity index (χ2n) is 6.14. The number of thioether (sulfide) groups is 1. The van der Waals surface area contributed by atoms with Crippen LogP contribution >= 0.6 is 24.0 Å². The summed E-state index contributed by atoms with van der Waals surface area (Å²) in [5.41, 5.74) is 1.51. The van der Waals surface area contributed by atoms with Gasteiger partial charge in [0.05, 0.1) is 29.5 Å². The summed E-state index contributed by atoms with van der Waals surface area (Å²) in [4.78, 5) is 27.5. The van der Waals surface area contributed by atoms with Crippen LogP contribution in [0.3, 0.4) is 0 Å². The topological polar surface area (TPSA) is 59.8 Å². The Morgan fingerprint density at radius 3 is 2.71 bits per heavy atom. The largest absolute Gasteiger partial charge is 0.497 e. The molecule has 0 atom stereocenters. The molecule has 0 saturated carbocycles. The van der Waals surface area contributed by atoms with Gasteiger partial charge < -0.3 is 9.15 Å². The van der Waals surface area contributed by atoms with Gasteiger partial charge in [-0.15, -0.1) is 0 Å². The van der Waals surface area contributed by atoms with Gasteiger partial charge in [0, 0.05) is 0 Å². The number of amides is 1. The molecule has 0 radical (unpaired) electrons. The molecule has 4 rings (SSSR count). The Balaban J connectivity index is 1.67. The predicted octanol–water partition coefficient (Wildman–Crippen LogP) is 4.20. The van der Waals surface area contributed by atoms with E-state index in [0.29, 0.717) is 38.1 Å². The zero-order valence-electron chi connectivity index (χ0n) is 14.9. The van der Waals surface area contributed by atoms with Crippen molar-refractivity contribution in [1.82, 2.24) is 4.90 Å². The van der Waals surface area contributed by atoms with Crippen molar-refractivity contribution < 1.29 is 13.9 Å². The van der Waals surface area contributed by atoms with Gasteiger partial charge in [-0.2, -0.15) is 0 Å². The van der Waals surface area contributed by atoms with Crippen LogP contribution in [0, 0.1) is 0 Å². The van der Waals surface area contributed by atoms with Gasteiger partial charge in [0.25, 0.3) is 5.91 Å². The summed E-state index contributed by atoms with van der Waals surface area (Å²) in [6.45, 7) is 0.395. The number of thiocarbonyl (C=S) groups is 1. The van der Waals surface area contributed by atoms with Gasteiger partial charge in [0.1, 0.15) is 21.9 Å². The van der Waals surface area contributed by atoms with Crippen molar-refractivity contribution in [1.29, 1.82) is 0 Å². The molecular formula is C21H15NO4S2. The summed E-state index contributed by atoms with van der Waals surface area (Å²) in [6, 6.07) is 14.6. The number of hydrogen-bond donors (Lipinski definition) is 0. The summed E-state index contributed by atoms with van der Waals surface area (Å²) >= 11 is 6.54. The van der Waals surface area contributed by atoms with Crippen molar-refractivity contribution >= 4 is 51.3 Å². The third kappa shape index (κ3) is 3.46. The molecule has 1 saturated heterocycles. The van der Waals surface area contributed by atoms with Crippen LogP contribution in [-0.2, 0) is 11.3 Å². The molecule has 1 aromatic heterocycles. The second kappa shape index (κ2) is 7.61. The van der Waals surface area contributed by atoms with Crippen LogP contribution in [0.25, 0.3) is 17.0 Å². The minimum Gasteiger partial charge on any atom is -0.497 e. The third-order valence-electron chi connectivity index (χ3n) is 4.35.